The maximum atomic E-state index is 10.1. The SMILES string of the molecule is CC(C)(C)CC(O)c1cnc2ccccc2n1. The third-order valence-corrected chi connectivity index (χ3v) is 2.61. The summed E-state index contributed by atoms with van der Waals surface area (Å²) in [7, 11) is 0. The molecule has 0 saturated heterocycles. The molecule has 0 spiro atoms. The molecule has 17 heavy (non-hydrogen) atoms. The Morgan fingerprint density at radius 3 is 2.47 bits per heavy atom. The highest BCUT2D eigenvalue weighted by Gasteiger charge is 2.19. The van der Waals surface area contributed by atoms with Gasteiger partial charge in [-0.1, -0.05) is 32.9 Å². The zero-order chi connectivity index (χ0) is 12.5. The van der Waals surface area contributed by atoms with Gasteiger partial charge in [-0.15, -0.1) is 0 Å². The van der Waals surface area contributed by atoms with Crippen LogP contribution in [-0.4, -0.2) is 15.1 Å². The number of hydrogen-bond acceptors (Lipinski definition) is 3. The fraction of sp³-hybridized carbons (Fsp3) is 0.429. The Morgan fingerprint density at radius 2 is 1.82 bits per heavy atom. The van der Waals surface area contributed by atoms with E-state index in [1.54, 1.807) is 6.20 Å². The molecule has 0 fully saturated rings. The summed E-state index contributed by atoms with van der Waals surface area (Å²) in [5.41, 5.74) is 2.42. The smallest absolute Gasteiger partial charge is 0.0980 e. The predicted molar refractivity (Wildman–Crippen MR) is 68.6 cm³/mol. The minimum atomic E-state index is -0.549. The topological polar surface area (TPSA) is 46.0 Å². The maximum Gasteiger partial charge on any atom is 0.0980 e. The third-order valence-electron chi connectivity index (χ3n) is 2.61. The molecule has 1 N–H and O–H groups in total. The molecule has 1 atom stereocenters. The van der Waals surface area contributed by atoms with Crippen molar-refractivity contribution in [3.05, 3.63) is 36.2 Å². The summed E-state index contributed by atoms with van der Waals surface area (Å²) < 4.78 is 0. The summed E-state index contributed by atoms with van der Waals surface area (Å²) in [5.74, 6) is 0. The first-order chi connectivity index (χ1) is 7.96. The molecule has 1 aromatic heterocycles. The largest absolute Gasteiger partial charge is 0.387 e. The zero-order valence-corrected chi connectivity index (χ0v) is 10.5. The van der Waals surface area contributed by atoms with E-state index in [4.69, 9.17) is 0 Å². The molecule has 0 amide bonds. The molecule has 0 aliphatic carbocycles. The molecule has 0 radical (unpaired) electrons. The predicted octanol–water partition coefficient (Wildman–Crippen LogP) is 3.10. The van der Waals surface area contributed by atoms with E-state index in [0.29, 0.717) is 12.1 Å². The van der Waals surface area contributed by atoms with Crippen molar-refractivity contribution in [1.82, 2.24) is 9.97 Å². The number of aliphatic hydroxyl groups is 1. The Hall–Kier alpha value is -1.48. The second-order valence-corrected chi connectivity index (χ2v) is 5.56. The van der Waals surface area contributed by atoms with Crippen LogP contribution in [0.5, 0.6) is 0 Å². The van der Waals surface area contributed by atoms with Gasteiger partial charge >= 0.3 is 0 Å². The van der Waals surface area contributed by atoms with Gasteiger partial charge in [0.15, 0.2) is 0 Å². The molecule has 1 heterocycles. The van der Waals surface area contributed by atoms with Crippen molar-refractivity contribution in [2.24, 2.45) is 5.41 Å². The minimum absolute atomic E-state index is 0.0761. The van der Waals surface area contributed by atoms with Crippen LogP contribution in [0, 0.1) is 5.41 Å². The lowest BCUT2D eigenvalue weighted by Gasteiger charge is -2.21. The standard InChI is InChI=1S/C14H18N2O/c1-14(2,3)8-13(17)12-9-15-10-6-4-5-7-11(10)16-12/h4-7,9,13,17H,8H2,1-3H3. The van der Waals surface area contributed by atoms with Crippen molar-refractivity contribution in [2.45, 2.75) is 33.3 Å². The van der Waals surface area contributed by atoms with E-state index >= 15 is 0 Å². The molecular formula is C14H18N2O. The summed E-state index contributed by atoms with van der Waals surface area (Å²) in [4.78, 5) is 8.76. The Bertz CT molecular complexity index is 517. The summed E-state index contributed by atoms with van der Waals surface area (Å²) in [6.07, 6.45) is 1.80. The quantitative estimate of drug-likeness (QED) is 0.862. The Kier molecular flexibility index (Phi) is 3.11. The first-order valence-corrected chi connectivity index (χ1v) is 5.85. The molecule has 1 unspecified atom stereocenters. The minimum Gasteiger partial charge on any atom is -0.387 e. The van der Waals surface area contributed by atoms with E-state index in [9.17, 15) is 5.11 Å². The van der Waals surface area contributed by atoms with E-state index in [2.05, 4.69) is 30.7 Å². The maximum absolute atomic E-state index is 10.1. The molecule has 1 aromatic carbocycles. The van der Waals surface area contributed by atoms with Crippen LogP contribution in [0.1, 0.15) is 39.0 Å². The highest BCUT2D eigenvalue weighted by atomic mass is 16.3. The van der Waals surface area contributed by atoms with Gasteiger partial charge in [0.05, 0.1) is 29.0 Å². The highest BCUT2D eigenvalue weighted by Crippen LogP contribution is 2.28. The lowest BCUT2D eigenvalue weighted by Crippen LogP contribution is -2.13. The molecular weight excluding hydrogens is 212 g/mol. The molecule has 3 nitrogen and oxygen atoms in total. The lowest BCUT2D eigenvalue weighted by molar-refractivity contribution is 0.118. The number of benzene rings is 1. The van der Waals surface area contributed by atoms with E-state index in [0.717, 1.165) is 11.0 Å². The fourth-order valence-corrected chi connectivity index (χ4v) is 1.82. The van der Waals surface area contributed by atoms with Gasteiger partial charge in [-0.05, 0) is 24.0 Å². The van der Waals surface area contributed by atoms with Crippen molar-refractivity contribution < 1.29 is 5.11 Å². The second kappa shape index (κ2) is 4.41. The van der Waals surface area contributed by atoms with Crippen molar-refractivity contribution in [3.8, 4) is 0 Å². The number of aromatic nitrogens is 2. The van der Waals surface area contributed by atoms with Gasteiger partial charge in [-0.2, -0.15) is 0 Å². The van der Waals surface area contributed by atoms with Gasteiger partial charge in [0.1, 0.15) is 0 Å². The van der Waals surface area contributed by atoms with Crippen LogP contribution in [0.15, 0.2) is 30.5 Å². The first kappa shape index (κ1) is 12.0. The highest BCUT2D eigenvalue weighted by molar-refractivity contribution is 5.73. The van der Waals surface area contributed by atoms with Crippen LogP contribution in [-0.2, 0) is 0 Å². The number of rotatable bonds is 2. The van der Waals surface area contributed by atoms with Gasteiger partial charge in [-0.25, -0.2) is 4.98 Å². The first-order valence-electron chi connectivity index (χ1n) is 5.85. The molecule has 2 aromatic rings. The number of hydrogen-bond donors (Lipinski definition) is 1. The Morgan fingerprint density at radius 1 is 1.18 bits per heavy atom. The van der Waals surface area contributed by atoms with Gasteiger partial charge in [-0.3, -0.25) is 4.98 Å². The third kappa shape index (κ3) is 3.01. The van der Waals surface area contributed by atoms with Crippen molar-refractivity contribution >= 4 is 11.0 Å². The normalized spacial score (nSPS) is 13.9. The molecule has 0 aliphatic rings. The van der Waals surface area contributed by atoms with E-state index in [-0.39, 0.29) is 5.41 Å². The number of nitrogens with zero attached hydrogens (tertiary/aromatic N) is 2. The summed E-state index contributed by atoms with van der Waals surface area (Å²) in [6, 6.07) is 7.69. The zero-order valence-electron chi connectivity index (χ0n) is 10.5. The Balaban J connectivity index is 2.30. The van der Waals surface area contributed by atoms with Crippen molar-refractivity contribution in [3.63, 3.8) is 0 Å². The number of para-hydroxylation sites is 2. The molecule has 0 bridgehead atoms. The van der Waals surface area contributed by atoms with Crippen molar-refractivity contribution in [1.29, 1.82) is 0 Å². The summed E-state index contributed by atoms with van der Waals surface area (Å²) >= 11 is 0. The fourth-order valence-electron chi connectivity index (χ4n) is 1.82. The van der Waals surface area contributed by atoms with Crippen LogP contribution >= 0.6 is 0 Å². The average molecular weight is 230 g/mol. The summed E-state index contributed by atoms with van der Waals surface area (Å²) in [5, 5.41) is 10.1. The van der Waals surface area contributed by atoms with Gasteiger partial charge in [0.25, 0.3) is 0 Å². The van der Waals surface area contributed by atoms with E-state index in [1.807, 2.05) is 24.3 Å². The van der Waals surface area contributed by atoms with Crippen LogP contribution in [0.4, 0.5) is 0 Å². The lowest BCUT2D eigenvalue weighted by atomic mass is 9.88. The van der Waals surface area contributed by atoms with E-state index < -0.39 is 6.10 Å². The molecule has 3 heteroatoms. The van der Waals surface area contributed by atoms with Crippen LogP contribution in [0.2, 0.25) is 0 Å². The van der Waals surface area contributed by atoms with Crippen molar-refractivity contribution in [2.75, 3.05) is 0 Å². The average Bonchev–Trinajstić information content (AvgIpc) is 2.26. The summed E-state index contributed by atoms with van der Waals surface area (Å²) in [6.45, 7) is 6.31. The van der Waals surface area contributed by atoms with Gasteiger partial charge in [0.2, 0.25) is 0 Å². The molecule has 0 aliphatic heterocycles. The molecule has 0 saturated carbocycles. The Labute approximate surface area is 102 Å². The second-order valence-electron chi connectivity index (χ2n) is 5.56. The van der Waals surface area contributed by atoms with Gasteiger partial charge < -0.3 is 5.11 Å². The number of aliphatic hydroxyl groups excluding tert-OH is 1. The van der Waals surface area contributed by atoms with Gasteiger partial charge in [0, 0.05) is 0 Å². The van der Waals surface area contributed by atoms with Crippen LogP contribution < -0.4 is 0 Å². The molecule has 2 rings (SSSR count). The van der Waals surface area contributed by atoms with Crippen LogP contribution in [0.25, 0.3) is 11.0 Å². The monoisotopic (exact) mass is 230 g/mol. The van der Waals surface area contributed by atoms with E-state index in [1.165, 1.54) is 0 Å². The number of fused-ring (bicyclic) bond motifs is 1. The van der Waals surface area contributed by atoms with Crippen LogP contribution in [0.3, 0.4) is 0 Å². The molecule has 90 valence electrons.